The van der Waals surface area contributed by atoms with Gasteiger partial charge in [-0.1, -0.05) is 48.5 Å². The second-order valence-corrected chi connectivity index (χ2v) is 9.04. The van der Waals surface area contributed by atoms with Gasteiger partial charge in [0.15, 0.2) is 6.10 Å². The second-order valence-electron chi connectivity index (χ2n) is 9.04. The monoisotopic (exact) mass is 486 g/mol. The van der Waals surface area contributed by atoms with Crippen LogP contribution >= 0.6 is 0 Å². The maximum atomic E-state index is 13.8. The van der Waals surface area contributed by atoms with Crippen LogP contribution in [0.1, 0.15) is 29.9 Å². The number of hydrogen-bond acceptors (Lipinski definition) is 5. The molecule has 2 N–H and O–H groups in total. The number of benzene rings is 2. The first-order valence-electron chi connectivity index (χ1n) is 11.4. The number of amides is 2. The van der Waals surface area contributed by atoms with E-state index in [-0.39, 0.29) is 25.6 Å². The number of carbonyl (C=O) groups excluding carboxylic acids is 2. The molecule has 8 nitrogen and oxygen atoms in total. The summed E-state index contributed by atoms with van der Waals surface area (Å²) in [6, 6.07) is 13.3. The van der Waals surface area contributed by atoms with Crippen molar-refractivity contribution in [3.8, 4) is 11.1 Å². The van der Waals surface area contributed by atoms with Crippen LogP contribution in [0.15, 0.2) is 48.5 Å². The minimum Gasteiger partial charge on any atom is -0.480 e. The Bertz CT molecular complexity index is 1130. The summed E-state index contributed by atoms with van der Waals surface area (Å²) in [5.41, 5.74) is 4.27. The molecule has 1 aliphatic carbocycles. The van der Waals surface area contributed by atoms with E-state index in [0.717, 1.165) is 22.3 Å². The van der Waals surface area contributed by atoms with Crippen LogP contribution in [0.25, 0.3) is 11.1 Å². The first kappa shape index (κ1) is 23.2. The number of rotatable bonds is 5. The molecule has 0 bridgehead atoms. The van der Waals surface area contributed by atoms with Gasteiger partial charge in [-0.3, -0.25) is 4.79 Å². The Kier molecular flexibility index (Phi) is 5.92. The fourth-order valence-corrected chi connectivity index (χ4v) is 5.20. The smallest absolute Gasteiger partial charge is 0.407 e. The van der Waals surface area contributed by atoms with Gasteiger partial charge in [-0.05, 0) is 28.7 Å². The van der Waals surface area contributed by atoms with Crippen LogP contribution in [-0.4, -0.2) is 71.8 Å². The largest absolute Gasteiger partial charge is 0.480 e. The highest BCUT2D eigenvalue weighted by atomic mass is 19.3. The minimum atomic E-state index is -3.30. The number of alkyl carbamates (subject to hydrolysis) is 1. The van der Waals surface area contributed by atoms with Crippen molar-refractivity contribution < 1.29 is 37.7 Å². The molecular formula is C25H24F2N2O6. The van der Waals surface area contributed by atoms with Crippen molar-refractivity contribution in [3.05, 3.63) is 59.7 Å². The molecule has 0 spiro atoms. The SMILES string of the molecule is O=C(N[C@@H]1CCO[C@@H]1C(=O)N1CC(F)(F)CC1C(=O)O)OCC1c2ccccc2-c2ccccc21. The number of aliphatic carboxylic acids is 1. The molecule has 2 aliphatic heterocycles. The Morgan fingerprint density at radius 1 is 1.09 bits per heavy atom. The van der Waals surface area contributed by atoms with Crippen molar-refractivity contribution in [2.24, 2.45) is 0 Å². The zero-order chi connectivity index (χ0) is 24.7. The van der Waals surface area contributed by atoms with Gasteiger partial charge in [0.1, 0.15) is 12.6 Å². The molecule has 2 heterocycles. The van der Waals surface area contributed by atoms with Gasteiger partial charge in [0.2, 0.25) is 0 Å². The minimum absolute atomic E-state index is 0.0749. The molecule has 0 radical (unpaired) electrons. The van der Waals surface area contributed by atoms with Crippen molar-refractivity contribution in [2.45, 2.75) is 42.9 Å². The highest BCUT2D eigenvalue weighted by Crippen LogP contribution is 2.44. The van der Waals surface area contributed by atoms with Gasteiger partial charge in [-0.25, -0.2) is 18.4 Å². The molecule has 184 valence electrons. The van der Waals surface area contributed by atoms with Gasteiger partial charge in [0.25, 0.3) is 11.8 Å². The lowest BCUT2D eigenvalue weighted by Gasteiger charge is -2.27. The van der Waals surface area contributed by atoms with Crippen LogP contribution in [0, 0.1) is 0 Å². The number of nitrogens with zero attached hydrogens (tertiary/aromatic N) is 1. The van der Waals surface area contributed by atoms with Crippen molar-refractivity contribution in [2.75, 3.05) is 19.8 Å². The van der Waals surface area contributed by atoms with Crippen molar-refractivity contribution in [1.29, 1.82) is 0 Å². The van der Waals surface area contributed by atoms with Gasteiger partial charge < -0.3 is 24.8 Å². The summed E-state index contributed by atoms with van der Waals surface area (Å²) in [4.78, 5) is 37.5. The summed E-state index contributed by atoms with van der Waals surface area (Å²) in [5.74, 6) is -5.83. The molecule has 2 fully saturated rings. The lowest BCUT2D eigenvalue weighted by molar-refractivity contribution is -0.153. The average Bonchev–Trinajstić information content (AvgIpc) is 3.51. The zero-order valence-electron chi connectivity index (χ0n) is 18.7. The molecule has 10 heteroatoms. The van der Waals surface area contributed by atoms with Crippen LogP contribution in [-0.2, 0) is 19.1 Å². The Balaban J connectivity index is 1.24. The molecule has 3 aliphatic rings. The van der Waals surface area contributed by atoms with E-state index in [0.29, 0.717) is 4.90 Å². The highest BCUT2D eigenvalue weighted by molar-refractivity contribution is 5.88. The number of halogens is 2. The first-order chi connectivity index (χ1) is 16.7. The normalized spacial score (nSPS) is 24.6. The van der Waals surface area contributed by atoms with E-state index in [9.17, 15) is 28.3 Å². The summed E-state index contributed by atoms with van der Waals surface area (Å²) in [6.07, 6.45) is -2.71. The zero-order valence-corrected chi connectivity index (χ0v) is 18.7. The molecule has 1 unspecified atom stereocenters. The summed E-state index contributed by atoms with van der Waals surface area (Å²) in [7, 11) is 0. The van der Waals surface area contributed by atoms with Crippen LogP contribution in [0.2, 0.25) is 0 Å². The molecule has 0 aromatic heterocycles. The van der Waals surface area contributed by atoms with Gasteiger partial charge >= 0.3 is 12.1 Å². The standard InChI is InChI=1S/C25H24F2N2O6/c26-25(27)11-20(23(31)32)29(13-25)22(30)21-19(9-10-34-21)28-24(33)35-12-18-16-7-3-1-5-14(16)15-6-2-4-8-17(15)18/h1-8,18-21H,9-13H2,(H,28,33)(H,31,32)/t19-,20?,21+/m1/s1. The third-order valence-electron chi connectivity index (χ3n) is 6.82. The molecule has 5 rings (SSSR count). The lowest BCUT2D eigenvalue weighted by atomic mass is 9.98. The fourth-order valence-electron chi connectivity index (χ4n) is 5.20. The number of nitrogens with one attached hydrogen (secondary N) is 1. The summed E-state index contributed by atoms with van der Waals surface area (Å²) >= 11 is 0. The number of likely N-dealkylation sites (tertiary alicyclic amines) is 1. The number of carbonyl (C=O) groups is 3. The number of carboxylic acids is 1. The van der Waals surface area contributed by atoms with Crippen LogP contribution < -0.4 is 5.32 Å². The predicted octanol–water partition coefficient (Wildman–Crippen LogP) is 3.00. The molecule has 3 atom stereocenters. The summed E-state index contributed by atoms with van der Waals surface area (Å²) in [5, 5.41) is 11.9. The summed E-state index contributed by atoms with van der Waals surface area (Å²) < 4.78 is 38.6. The average molecular weight is 486 g/mol. The van der Waals surface area contributed by atoms with Crippen LogP contribution in [0.5, 0.6) is 0 Å². The molecule has 2 saturated heterocycles. The Labute approximate surface area is 199 Å². The molecule has 2 aromatic carbocycles. The van der Waals surface area contributed by atoms with Crippen LogP contribution in [0.4, 0.5) is 13.6 Å². The van der Waals surface area contributed by atoms with Crippen molar-refractivity contribution in [1.82, 2.24) is 10.2 Å². The molecule has 0 saturated carbocycles. The van der Waals surface area contributed by atoms with E-state index in [1.807, 2.05) is 48.5 Å². The first-order valence-corrected chi connectivity index (χ1v) is 11.4. The van der Waals surface area contributed by atoms with Gasteiger partial charge in [-0.2, -0.15) is 0 Å². The Morgan fingerprint density at radius 2 is 1.71 bits per heavy atom. The number of ether oxygens (including phenoxy) is 2. The number of hydrogen-bond donors (Lipinski definition) is 2. The highest BCUT2D eigenvalue weighted by Gasteiger charge is 2.53. The Morgan fingerprint density at radius 3 is 2.34 bits per heavy atom. The number of alkyl halides is 2. The van der Waals surface area contributed by atoms with E-state index in [1.54, 1.807) is 0 Å². The molecule has 35 heavy (non-hydrogen) atoms. The third-order valence-corrected chi connectivity index (χ3v) is 6.82. The van der Waals surface area contributed by atoms with E-state index in [4.69, 9.17) is 9.47 Å². The number of fused-ring (bicyclic) bond motifs is 3. The van der Waals surface area contributed by atoms with Gasteiger partial charge in [0.05, 0.1) is 12.6 Å². The second kappa shape index (κ2) is 8.92. The van der Waals surface area contributed by atoms with E-state index in [2.05, 4.69) is 5.32 Å². The van der Waals surface area contributed by atoms with E-state index in [1.165, 1.54) is 0 Å². The molecule has 2 amide bonds. The predicted molar refractivity (Wildman–Crippen MR) is 119 cm³/mol. The fraction of sp³-hybridized carbons (Fsp3) is 0.400. The Hall–Kier alpha value is -3.53. The number of carboxylic acid groups (broad SMARTS) is 1. The van der Waals surface area contributed by atoms with Crippen LogP contribution in [0.3, 0.4) is 0 Å². The molecule has 2 aromatic rings. The van der Waals surface area contributed by atoms with Gasteiger partial charge in [-0.15, -0.1) is 0 Å². The molecular weight excluding hydrogens is 462 g/mol. The lowest BCUT2D eigenvalue weighted by Crippen LogP contribution is -2.52. The summed E-state index contributed by atoms with van der Waals surface area (Å²) in [6.45, 7) is -0.807. The van der Waals surface area contributed by atoms with Crippen molar-refractivity contribution in [3.63, 3.8) is 0 Å². The van der Waals surface area contributed by atoms with Crippen molar-refractivity contribution >= 4 is 18.0 Å². The topological polar surface area (TPSA) is 105 Å². The van der Waals surface area contributed by atoms with E-state index >= 15 is 0 Å². The van der Waals surface area contributed by atoms with E-state index < -0.39 is 55.0 Å². The van der Waals surface area contributed by atoms with Gasteiger partial charge in [0, 0.05) is 18.9 Å². The third kappa shape index (κ3) is 4.34. The quantitative estimate of drug-likeness (QED) is 0.673. The maximum absolute atomic E-state index is 13.8. The maximum Gasteiger partial charge on any atom is 0.407 e.